The summed E-state index contributed by atoms with van der Waals surface area (Å²) in [6.45, 7) is 3.93. The Bertz CT molecular complexity index is 541. The smallest absolute Gasteiger partial charge is 0.0833 e. The first kappa shape index (κ1) is 13.8. The molecule has 0 N–H and O–H groups in total. The average Bonchev–Trinajstić information content (AvgIpc) is 2.46. The predicted molar refractivity (Wildman–Crippen MR) is 87.2 cm³/mol. The van der Waals surface area contributed by atoms with E-state index in [9.17, 15) is 0 Å². The lowest BCUT2D eigenvalue weighted by Gasteiger charge is -2.13. The van der Waals surface area contributed by atoms with Gasteiger partial charge in [0, 0.05) is 19.8 Å². The fourth-order valence-corrected chi connectivity index (χ4v) is 4.04. The first-order valence-corrected chi connectivity index (χ1v) is 7.95. The number of nitrogens with zero attached hydrogens (tertiary/aromatic N) is 1. The van der Waals surface area contributed by atoms with E-state index in [0.717, 1.165) is 6.42 Å². The number of hydrogen-bond donors (Lipinski definition) is 0. The first-order valence-electron chi connectivity index (χ1n) is 6.45. The minimum Gasteiger partial charge on any atom is -0.378 e. The third kappa shape index (κ3) is 3.41. The maximum atomic E-state index is 3.93. The van der Waals surface area contributed by atoms with Gasteiger partial charge in [-0.3, -0.25) is 0 Å². The highest BCUT2D eigenvalue weighted by atomic mass is 28.2. The van der Waals surface area contributed by atoms with Crippen LogP contribution in [0.2, 0.25) is 0 Å². The van der Waals surface area contributed by atoms with E-state index in [1.165, 1.54) is 16.1 Å². The van der Waals surface area contributed by atoms with Gasteiger partial charge in [-0.15, -0.1) is 0 Å². The number of hydrogen-bond acceptors (Lipinski definition) is 1. The quantitative estimate of drug-likeness (QED) is 0.763. The van der Waals surface area contributed by atoms with E-state index in [4.69, 9.17) is 0 Å². The summed E-state index contributed by atoms with van der Waals surface area (Å²) in [5.41, 5.74) is 4.77. The molecule has 0 saturated heterocycles. The third-order valence-corrected chi connectivity index (χ3v) is 5.46. The second-order valence-electron chi connectivity index (χ2n) is 4.61. The van der Waals surface area contributed by atoms with Crippen LogP contribution in [0.25, 0.3) is 0 Å². The molecule has 0 aliphatic heterocycles. The van der Waals surface area contributed by atoms with Gasteiger partial charge in [-0.25, -0.2) is 0 Å². The van der Waals surface area contributed by atoms with Crippen molar-refractivity contribution in [1.82, 2.24) is 0 Å². The standard InChI is InChI=1S/C17H19NSi/c1-4-14-19(16-8-6-5-7-9-16)17-12-10-15(11-13-17)18(2)3/h5-13H,1,4H2,2-3H3. The zero-order valence-electron chi connectivity index (χ0n) is 11.6. The van der Waals surface area contributed by atoms with Crippen molar-refractivity contribution in [2.24, 2.45) is 0 Å². The molecule has 0 fully saturated rings. The van der Waals surface area contributed by atoms with E-state index in [0.29, 0.717) is 0 Å². The lowest BCUT2D eigenvalue weighted by Crippen LogP contribution is -2.36. The summed E-state index contributed by atoms with van der Waals surface area (Å²) in [5.74, 6) is 0. The molecule has 0 spiro atoms. The molecular weight excluding hydrogens is 246 g/mol. The van der Waals surface area contributed by atoms with Crippen molar-refractivity contribution in [3.05, 3.63) is 61.5 Å². The molecule has 0 aliphatic carbocycles. The molecule has 19 heavy (non-hydrogen) atoms. The zero-order chi connectivity index (χ0) is 13.7. The van der Waals surface area contributed by atoms with E-state index in [1.54, 1.807) is 0 Å². The summed E-state index contributed by atoms with van der Waals surface area (Å²) in [6, 6.07) is 19.4. The summed E-state index contributed by atoms with van der Waals surface area (Å²) in [6.07, 6.45) is 0.749. The van der Waals surface area contributed by atoms with Crippen molar-refractivity contribution in [2.45, 2.75) is 6.42 Å². The zero-order valence-corrected chi connectivity index (χ0v) is 12.6. The van der Waals surface area contributed by atoms with Crippen LogP contribution in [0.1, 0.15) is 6.42 Å². The minimum atomic E-state index is -0.924. The Kier molecular flexibility index (Phi) is 4.69. The molecule has 0 unspecified atom stereocenters. The highest BCUT2D eigenvalue weighted by molar-refractivity contribution is 6.88. The van der Waals surface area contributed by atoms with Crippen LogP contribution in [0.4, 0.5) is 5.69 Å². The van der Waals surface area contributed by atoms with E-state index in [2.05, 4.69) is 86.2 Å². The molecule has 0 heterocycles. The Hall–Kier alpha value is -1.67. The van der Waals surface area contributed by atoms with Crippen molar-refractivity contribution >= 4 is 30.1 Å². The summed E-state index contributed by atoms with van der Waals surface area (Å²) >= 11 is 0. The number of anilines is 1. The van der Waals surface area contributed by atoms with Gasteiger partial charge in [0.05, 0.1) is 8.41 Å². The monoisotopic (exact) mass is 265 g/mol. The highest BCUT2D eigenvalue weighted by Crippen LogP contribution is 2.07. The van der Waals surface area contributed by atoms with Gasteiger partial charge in [0.2, 0.25) is 0 Å². The van der Waals surface area contributed by atoms with Gasteiger partial charge >= 0.3 is 0 Å². The van der Waals surface area contributed by atoms with Crippen LogP contribution in [0, 0.1) is 6.92 Å². The van der Waals surface area contributed by atoms with Gasteiger partial charge in [-0.1, -0.05) is 48.1 Å². The molecule has 96 valence electrons. The van der Waals surface area contributed by atoms with Crippen LogP contribution in [-0.2, 0) is 0 Å². The van der Waals surface area contributed by atoms with E-state index < -0.39 is 8.41 Å². The van der Waals surface area contributed by atoms with Crippen LogP contribution >= 0.6 is 0 Å². The molecule has 2 aromatic rings. The molecule has 0 bridgehead atoms. The Morgan fingerprint density at radius 3 is 2.05 bits per heavy atom. The first-order chi connectivity index (χ1) is 9.22. The van der Waals surface area contributed by atoms with Crippen molar-refractivity contribution in [1.29, 1.82) is 0 Å². The predicted octanol–water partition coefficient (Wildman–Crippen LogP) is 1.85. The molecule has 2 heteroatoms. The SMILES string of the molecule is [CH2]C/[C]=[Si](/c1ccccc1)c1ccc(N(C)C)cc1. The third-order valence-electron chi connectivity index (χ3n) is 3.04. The van der Waals surface area contributed by atoms with Crippen molar-refractivity contribution in [3.8, 4) is 0 Å². The van der Waals surface area contributed by atoms with Crippen LogP contribution in [0.15, 0.2) is 54.6 Å². The second kappa shape index (κ2) is 6.48. The molecule has 0 amide bonds. The molecule has 2 aromatic carbocycles. The topological polar surface area (TPSA) is 3.24 Å². The molecular formula is C17H19NSi. The molecule has 0 saturated carbocycles. The molecule has 1 nitrogen and oxygen atoms in total. The van der Waals surface area contributed by atoms with Crippen molar-refractivity contribution in [3.63, 3.8) is 0 Å². The Labute approximate surface area is 117 Å². The van der Waals surface area contributed by atoms with Crippen LogP contribution in [0.5, 0.6) is 0 Å². The Morgan fingerprint density at radius 2 is 1.53 bits per heavy atom. The second-order valence-corrected chi connectivity index (χ2v) is 6.87. The summed E-state index contributed by atoms with van der Waals surface area (Å²) < 4.78 is 0. The molecule has 0 atom stereocenters. The maximum absolute atomic E-state index is 3.93. The van der Waals surface area contributed by atoms with Gasteiger partial charge < -0.3 is 4.90 Å². The molecule has 2 rings (SSSR count). The van der Waals surface area contributed by atoms with E-state index in [1.807, 2.05) is 0 Å². The highest BCUT2D eigenvalue weighted by Gasteiger charge is 2.06. The van der Waals surface area contributed by atoms with E-state index >= 15 is 0 Å². The molecule has 0 aromatic heterocycles. The fraction of sp³-hybridized carbons (Fsp3) is 0.176. The van der Waals surface area contributed by atoms with Crippen molar-refractivity contribution in [2.75, 3.05) is 19.0 Å². The minimum absolute atomic E-state index is 0.749. The van der Waals surface area contributed by atoms with Crippen molar-refractivity contribution < 1.29 is 0 Å². The van der Waals surface area contributed by atoms with E-state index in [-0.39, 0.29) is 0 Å². The lowest BCUT2D eigenvalue weighted by molar-refractivity contribution is 1.13. The Morgan fingerprint density at radius 1 is 0.947 bits per heavy atom. The van der Waals surface area contributed by atoms with Crippen LogP contribution in [-0.4, -0.2) is 28.2 Å². The van der Waals surface area contributed by atoms with Crippen LogP contribution < -0.4 is 15.3 Å². The van der Waals surface area contributed by atoms with Gasteiger partial charge in [0.15, 0.2) is 0 Å². The molecule has 2 radical (unpaired) electrons. The summed E-state index contributed by atoms with van der Waals surface area (Å²) in [7, 11) is 3.20. The normalized spacial score (nSPS) is 11.4. The van der Waals surface area contributed by atoms with Gasteiger partial charge in [-0.2, -0.15) is 0 Å². The summed E-state index contributed by atoms with van der Waals surface area (Å²) in [4.78, 5) is 2.12. The Balaban J connectivity index is 2.38. The molecule has 0 aliphatic rings. The summed E-state index contributed by atoms with van der Waals surface area (Å²) in [5, 5.41) is 2.74. The van der Waals surface area contributed by atoms with Gasteiger partial charge in [-0.05, 0) is 35.9 Å². The lowest BCUT2D eigenvalue weighted by atomic mass is 10.3. The number of rotatable bonds is 4. The van der Waals surface area contributed by atoms with Crippen LogP contribution in [0.3, 0.4) is 0 Å². The maximum Gasteiger partial charge on any atom is 0.0833 e. The average molecular weight is 265 g/mol. The fourth-order valence-electron chi connectivity index (χ4n) is 2.03. The number of benzene rings is 2. The van der Waals surface area contributed by atoms with Gasteiger partial charge in [0.25, 0.3) is 0 Å². The largest absolute Gasteiger partial charge is 0.378 e. The van der Waals surface area contributed by atoms with Gasteiger partial charge in [0.1, 0.15) is 0 Å².